The van der Waals surface area contributed by atoms with Crippen molar-refractivity contribution in [1.82, 2.24) is 0 Å². The first-order valence-corrected chi connectivity index (χ1v) is 2.69. The molecule has 48 valence electrons. The Balaban J connectivity index is 2.15. The first kappa shape index (κ1) is 6.01. The Kier molecular flexibility index (Phi) is 1.51. The van der Waals surface area contributed by atoms with Crippen molar-refractivity contribution in [2.75, 3.05) is 0 Å². The lowest BCUT2D eigenvalue weighted by Crippen LogP contribution is -2.45. The Morgan fingerprint density at radius 3 is 2.12 bits per heavy atom. The molecular formula is C5H10O3. The zero-order chi connectivity index (χ0) is 6.15. The van der Waals surface area contributed by atoms with E-state index in [4.69, 9.17) is 14.6 Å². The molecule has 8 heavy (non-hydrogen) atoms. The molecule has 3 heteroatoms. The molecule has 0 bridgehead atoms. The highest BCUT2D eigenvalue weighted by Crippen LogP contribution is 2.17. The maximum absolute atomic E-state index is 8.74. The first-order valence-electron chi connectivity index (χ1n) is 2.69. The fourth-order valence-electron chi connectivity index (χ4n) is 0.615. The predicted octanol–water partition coefficient (Wildman–Crippen LogP) is 0.0861. The van der Waals surface area contributed by atoms with Gasteiger partial charge in [0.25, 0.3) is 0 Å². The minimum absolute atomic E-state index is 0.130. The molecule has 0 radical (unpaired) electrons. The van der Waals surface area contributed by atoms with Gasteiger partial charge >= 0.3 is 0 Å². The standard InChI is InChI=1S/C5H10O3/c1-3(6)5-7-4(2)8-5/h3-6H,1-2H3/t3-,4?,5?/m0/s1. The van der Waals surface area contributed by atoms with Crippen molar-refractivity contribution >= 4 is 0 Å². The van der Waals surface area contributed by atoms with Gasteiger partial charge in [0, 0.05) is 0 Å². The molecular weight excluding hydrogens is 108 g/mol. The van der Waals surface area contributed by atoms with Crippen LogP contribution in [0.1, 0.15) is 13.8 Å². The van der Waals surface area contributed by atoms with Crippen LogP contribution in [0.3, 0.4) is 0 Å². The Morgan fingerprint density at radius 2 is 2.00 bits per heavy atom. The molecule has 1 atom stereocenters. The summed E-state index contributed by atoms with van der Waals surface area (Å²) >= 11 is 0. The van der Waals surface area contributed by atoms with Gasteiger partial charge in [-0.3, -0.25) is 0 Å². The minimum Gasteiger partial charge on any atom is -0.388 e. The van der Waals surface area contributed by atoms with Crippen molar-refractivity contribution in [2.24, 2.45) is 0 Å². The number of ether oxygens (including phenoxy) is 2. The molecule has 0 saturated carbocycles. The third-order valence-electron chi connectivity index (χ3n) is 1.05. The number of hydrogen-bond donors (Lipinski definition) is 1. The van der Waals surface area contributed by atoms with Crippen LogP contribution < -0.4 is 0 Å². The van der Waals surface area contributed by atoms with Gasteiger partial charge in [0.15, 0.2) is 12.6 Å². The van der Waals surface area contributed by atoms with Crippen LogP contribution in [-0.2, 0) is 9.47 Å². The van der Waals surface area contributed by atoms with Crippen molar-refractivity contribution in [2.45, 2.75) is 32.5 Å². The maximum atomic E-state index is 8.74. The number of aliphatic hydroxyl groups is 1. The molecule has 1 saturated heterocycles. The Hall–Kier alpha value is -0.120. The summed E-state index contributed by atoms with van der Waals surface area (Å²) in [6.07, 6.45) is -1.02. The van der Waals surface area contributed by atoms with Crippen LogP contribution in [0, 0.1) is 0 Å². The highest BCUT2D eigenvalue weighted by Gasteiger charge is 2.30. The van der Waals surface area contributed by atoms with Crippen LogP contribution >= 0.6 is 0 Å². The second kappa shape index (κ2) is 2.01. The van der Waals surface area contributed by atoms with Gasteiger partial charge in [-0.05, 0) is 13.8 Å². The quantitative estimate of drug-likeness (QED) is 0.530. The van der Waals surface area contributed by atoms with Gasteiger partial charge in [-0.2, -0.15) is 0 Å². The minimum atomic E-state index is -0.508. The number of rotatable bonds is 1. The summed E-state index contributed by atoms with van der Waals surface area (Å²) in [5.41, 5.74) is 0. The van der Waals surface area contributed by atoms with Gasteiger partial charge in [0.1, 0.15) is 6.10 Å². The van der Waals surface area contributed by atoms with E-state index >= 15 is 0 Å². The van der Waals surface area contributed by atoms with Gasteiger partial charge in [-0.15, -0.1) is 0 Å². The summed E-state index contributed by atoms with van der Waals surface area (Å²) in [5.74, 6) is 0. The maximum Gasteiger partial charge on any atom is 0.189 e. The molecule has 1 heterocycles. The van der Waals surface area contributed by atoms with Crippen molar-refractivity contribution in [3.05, 3.63) is 0 Å². The second-order valence-corrected chi connectivity index (χ2v) is 1.95. The van der Waals surface area contributed by atoms with Crippen LogP contribution in [0.4, 0.5) is 0 Å². The zero-order valence-electron chi connectivity index (χ0n) is 5.00. The molecule has 0 spiro atoms. The molecule has 1 N–H and O–H groups in total. The lowest BCUT2D eigenvalue weighted by molar-refractivity contribution is -0.396. The second-order valence-electron chi connectivity index (χ2n) is 1.95. The molecule has 1 aliphatic heterocycles. The Labute approximate surface area is 48.2 Å². The van der Waals surface area contributed by atoms with Crippen molar-refractivity contribution in [1.29, 1.82) is 0 Å². The van der Waals surface area contributed by atoms with E-state index in [0.29, 0.717) is 0 Å². The molecule has 0 aromatic heterocycles. The molecule has 0 aromatic carbocycles. The van der Waals surface area contributed by atoms with E-state index < -0.39 is 6.10 Å². The molecule has 0 unspecified atom stereocenters. The van der Waals surface area contributed by atoms with Crippen LogP contribution in [0.25, 0.3) is 0 Å². The van der Waals surface area contributed by atoms with Crippen molar-refractivity contribution < 1.29 is 14.6 Å². The van der Waals surface area contributed by atoms with Crippen LogP contribution in [0.15, 0.2) is 0 Å². The lowest BCUT2D eigenvalue weighted by atomic mass is 10.3. The number of hydrogen-bond acceptors (Lipinski definition) is 3. The number of aliphatic hydroxyl groups excluding tert-OH is 1. The van der Waals surface area contributed by atoms with Gasteiger partial charge in [0.2, 0.25) is 0 Å². The zero-order valence-corrected chi connectivity index (χ0v) is 5.00. The molecule has 1 fully saturated rings. The van der Waals surface area contributed by atoms with E-state index in [2.05, 4.69) is 0 Å². The molecule has 1 aliphatic rings. The van der Waals surface area contributed by atoms with E-state index in [1.165, 1.54) is 0 Å². The topological polar surface area (TPSA) is 38.7 Å². The summed E-state index contributed by atoms with van der Waals surface area (Å²) in [7, 11) is 0. The summed E-state index contributed by atoms with van der Waals surface area (Å²) in [5, 5.41) is 8.74. The SMILES string of the molecule is CC1OC([C@H](C)O)O1. The monoisotopic (exact) mass is 118 g/mol. The fourth-order valence-corrected chi connectivity index (χ4v) is 0.615. The largest absolute Gasteiger partial charge is 0.388 e. The third kappa shape index (κ3) is 0.992. The van der Waals surface area contributed by atoms with Crippen molar-refractivity contribution in [3.63, 3.8) is 0 Å². The average molecular weight is 118 g/mol. The van der Waals surface area contributed by atoms with E-state index in [1.807, 2.05) is 0 Å². The van der Waals surface area contributed by atoms with Crippen molar-refractivity contribution in [3.8, 4) is 0 Å². The van der Waals surface area contributed by atoms with Gasteiger partial charge in [-0.1, -0.05) is 0 Å². The third-order valence-corrected chi connectivity index (χ3v) is 1.05. The molecule has 0 aliphatic carbocycles. The summed E-state index contributed by atoms with van der Waals surface area (Å²) < 4.78 is 9.86. The summed E-state index contributed by atoms with van der Waals surface area (Å²) in [6, 6.07) is 0. The predicted molar refractivity (Wildman–Crippen MR) is 27.1 cm³/mol. The Bertz CT molecular complexity index is 75.7. The van der Waals surface area contributed by atoms with Gasteiger partial charge < -0.3 is 14.6 Å². The molecule has 3 nitrogen and oxygen atoms in total. The van der Waals surface area contributed by atoms with Gasteiger partial charge in [-0.25, -0.2) is 0 Å². The molecule has 0 aromatic rings. The highest BCUT2D eigenvalue weighted by molar-refractivity contribution is 4.60. The Morgan fingerprint density at radius 1 is 1.50 bits per heavy atom. The fraction of sp³-hybridized carbons (Fsp3) is 1.00. The average Bonchev–Trinajstić information content (AvgIpc) is 1.57. The van der Waals surface area contributed by atoms with E-state index in [9.17, 15) is 0 Å². The lowest BCUT2D eigenvalue weighted by Gasteiger charge is -2.35. The van der Waals surface area contributed by atoms with E-state index in [0.717, 1.165) is 0 Å². The van der Waals surface area contributed by atoms with Crippen LogP contribution in [-0.4, -0.2) is 23.8 Å². The smallest absolute Gasteiger partial charge is 0.189 e. The molecule has 0 amide bonds. The van der Waals surface area contributed by atoms with E-state index in [-0.39, 0.29) is 12.6 Å². The summed E-state index contributed by atoms with van der Waals surface area (Å²) in [4.78, 5) is 0. The highest BCUT2D eigenvalue weighted by atomic mass is 16.9. The summed E-state index contributed by atoms with van der Waals surface area (Å²) in [6.45, 7) is 3.43. The van der Waals surface area contributed by atoms with Crippen LogP contribution in [0.2, 0.25) is 0 Å². The van der Waals surface area contributed by atoms with Gasteiger partial charge in [0.05, 0.1) is 0 Å². The first-order chi connectivity index (χ1) is 3.70. The van der Waals surface area contributed by atoms with Crippen LogP contribution in [0.5, 0.6) is 0 Å². The molecule has 1 rings (SSSR count). The van der Waals surface area contributed by atoms with E-state index in [1.54, 1.807) is 13.8 Å². The normalized spacial score (nSPS) is 40.9.